The minimum Gasteiger partial charge on any atom is -0.381 e. The summed E-state index contributed by atoms with van der Waals surface area (Å²) < 4.78 is 41.1. The number of hydrogen-bond donors (Lipinski definition) is 1. The molecule has 1 aliphatic rings. The molecule has 122 valence electrons. The van der Waals surface area contributed by atoms with E-state index in [9.17, 15) is 22.8 Å². The van der Waals surface area contributed by atoms with Crippen LogP contribution in [0.4, 0.5) is 13.2 Å². The summed E-state index contributed by atoms with van der Waals surface area (Å²) in [5.74, 6) is -0.720. The molecule has 0 aromatic heterocycles. The molecule has 0 aromatic carbocycles. The van der Waals surface area contributed by atoms with Crippen molar-refractivity contribution in [3.63, 3.8) is 0 Å². The van der Waals surface area contributed by atoms with Crippen LogP contribution in [0.5, 0.6) is 0 Å². The maximum Gasteiger partial charge on any atom is 0.405 e. The second-order valence-electron chi connectivity index (χ2n) is 5.26. The normalized spacial score (nSPS) is 19.1. The van der Waals surface area contributed by atoms with Gasteiger partial charge in [-0.2, -0.15) is 13.2 Å². The molecule has 21 heavy (non-hydrogen) atoms. The van der Waals surface area contributed by atoms with Crippen molar-refractivity contribution in [3.05, 3.63) is 0 Å². The van der Waals surface area contributed by atoms with Crippen LogP contribution in [0.25, 0.3) is 0 Å². The number of alkyl halides is 3. The third kappa shape index (κ3) is 7.89. The van der Waals surface area contributed by atoms with Gasteiger partial charge in [0.25, 0.3) is 0 Å². The highest BCUT2D eigenvalue weighted by atomic mass is 19.4. The number of carbonyl (C=O) groups is 2. The largest absolute Gasteiger partial charge is 0.405 e. The molecule has 1 atom stereocenters. The topological polar surface area (TPSA) is 58.6 Å². The maximum absolute atomic E-state index is 11.9. The summed E-state index contributed by atoms with van der Waals surface area (Å²) in [5.41, 5.74) is 0. The fourth-order valence-electron chi connectivity index (χ4n) is 2.11. The van der Waals surface area contributed by atoms with Gasteiger partial charge in [-0.25, -0.2) is 0 Å². The van der Waals surface area contributed by atoms with Crippen molar-refractivity contribution in [2.45, 2.75) is 31.9 Å². The Labute approximate surface area is 121 Å². The standard InChI is InChI=1S/C13H21F3N2O3/c1-18(7-11(19)17-9-13(14,15)16)12(20)5-4-10-3-2-6-21-8-10/h10H,2-9H2,1H3,(H,17,19). The first-order chi connectivity index (χ1) is 9.78. The Kier molecular flexibility index (Phi) is 6.94. The summed E-state index contributed by atoms with van der Waals surface area (Å²) in [6.45, 7) is -0.351. The number of rotatable bonds is 6. The molecule has 1 unspecified atom stereocenters. The molecular formula is C13H21F3N2O3. The molecular weight excluding hydrogens is 289 g/mol. The van der Waals surface area contributed by atoms with Crippen LogP contribution >= 0.6 is 0 Å². The van der Waals surface area contributed by atoms with Crippen LogP contribution in [0.3, 0.4) is 0 Å². The van der Waals surface area contributed by atoms with Gasteiger partial charge in [0.1, 0.15) is 6.54 Å². The van der Waals surface area contributed by atoms with Crippen molar-refractivity contribution in [1.29, 1.82) is 0 Å². The minimum atomic E-state index is -4.45. The van der Waals surface area contributed by atoms with Crippen molar-refractivity contribution < 1.29 is 27.5 Å². The third-order valence-corrected chi connectivity index (χ3v) is 3.31. The van der Waals surface area contributed by atoms with Crippen LogP contribution in [0.2, 0.25) is 0 Å². The Morgan fingerprint density at radius 2 is 2.10 bits per heavy atom. The average Bonchev–Trinajstić information content (AvgIpc) is 2.43. The molecule has 0 saturated carbocycles. The van der Waals surface area contributed by atoms with E-state index in [4.69, 9.17) is 4.74 Å². The summed E-state index contributed by atoms with van der Waals surface area (Å²) >= 11 is 0. The van der Waals surface area contributed by atoms with Crippen molar-refractivity contribution in [2.75, 3.05) is 33.4 Å². The molecule has 8 heteroatoms. The van der Waals surface area contributed by atoms with E-state index in [1.807, 2.05) is 0 Å². The van der Waals surface area contributed by atoms with E-state index in [1.165, 1.54) is 7.05 Å². The predicted octanol–water partition coefficient (Wildman–Crippen LogP) is 1.33. The van der Waals surface area contributed by atoms with E-state index in [0.29, 0.717) is 18.9 Å². The number of hydrogen-bond acceptors (Lipinski definition) is 3. The van der Waals surface area contributed by atoms with Crippen LogP contribution in [0.15, 0.2) is 0 Å². The first-order valence-electron chi connectivity index (χ1n) is 6.93. The molecule has 1 saturated heterocycles. The molecule has 1 aliphatic heterocycles. The van der Waals surface area contributed by atoms with Gasteiger partial charge in [0.2, 0.25) is 11.8 Å². The summed E-state index contributed by atoms with van der Waals surface area (Å²) in [7, 11) is 1.41. The zero-order valence-corrected chi connectivity index (χ0v) is 12.0. The highest BCUT2D eigenvalue weighted by Crippen LogP contribution is 2.19. The average molecular weight is 310 g/mol. The van der Waals surface area contributed by atoms with Gasteiger partial charge in [0.15, 0.2) is 0 Å². The summed E-state index contributed by atoms with van der Waals surface area (Å²) in [5, 5.41) is 1.74. The minimum absolute atomic E-state index is 0.247. The van der Waals surface area contributed by atoms with Crippen LogP contribution in [0.1, 0.15) is 25.7 Å². The Hall–Kier alpha value is -1.31. The molecule has 0 aromatic rings. The number of nitrogens with one attached hydrogen (secondary N) is 1. The molecule has 1 rings (SSSR count). The first-order valence-corrected chi connectivity index (χ1v) is 6.93. The zero-order chi connectivity index (χ0) is 15.9. The second-order valence-corrected chi connectivity index (χ2v) is 5.26. The van der Waals surface area contributed by atoms with Crippen LogP contribution < -0.4 is 5.32 Å². The molecule has 1 heterocycles. The third-order valence-electron chi connectivity index (χ3n) is 3.31. The lowest BCUT2D eigenvalue weighted by Gasteiger charge is -2.23. The maximum atomic E-state index is 11.9. The lowest BCUT2D eigenvalue weighted by atomic mass is 9.97. The molecule has 5 nitrogen and oxygen atoms in total. The number of amides is 2. The molecule has 0 radical (unpaired) electrons. The predicted molar refractivity (Wildman–Crippen MR) is 69.5 cm³/mol. The van der Waals surface area contributed by atoms with Crippen LogP contribution in [-0.4, -0.2) is 56.2 Å². The van der Waals surface area contributed by atoms with Gasteiger partial charge in [0, 0.05) is 26.7 Å². The SMILES string of the molecule is CN(CC(=O)NCC(F)(F)F)C(=O)CCC1CCCOC1. The van der Waals surface area contributed by atoms with E-state index < -0.39 is 18.6 Å². The smallest absolute Gasteiger partial charge is 0.381 e. The number of halogens is 3. The molecule has 1 fully saturated rings. The monoisotopic (exact) mass is 310 g/mol. The lowest BCUT2D eigenvalue weighted by molar-refractivity contribution is -0.141. The van der Waals surface area contributed by atoms with Gasteiger partial charge < -0.3 is 15.0 Å². The zero-order valence-electron chi connectivity index (χ0n) is 12.0. The van der Waals surface area contributed by atoms with E-state index in [0.717, 1.165) is 24.3 Å². The highest BCUT2D eigenvalue weighted by Gasteiger charge is 2.28. The van der Waals surface area contributed by atoms with Crippen LogP contribution in [0, 0.1) is 5.92 Å². The van der Waals surface area contributed by atoms with Crippen molar-refractivity contribution in [2.24, 2.45) is 5.92 Å². The van der Waals surface area contributed by atoms with Gasteiger partial charge in [0.05, 0.1) is 6.54 Å². The Balaban J connectivity index is 2.22. The van der Waals surface area contributed by atoms with Crippen LogP contribution in [-0.2, 0) is 14.3 Å². The quantitative estimate of drug-likeness (QED) is 0.805. The van der Waals surface area contributed by atoms with Gasteiger partial charge in [-0.1, -0.05) is 0 Å². The lowest BCUT2D eigenvalue weighted by Crippen LogP contribution is -2.41. The van der Waals surface area contributed by atoms with Crippen molar-refractivity contribution in [1.82, 2.24) is 10.2 Å². The highest BCUT2D eigenvalue weighted by molar-refractivity contribution is 5.84. The second kappa shape index (κ2) is 8.21. The fraction of sp³-hybridized carbons (Fsp3) is 0.846. The van der Waals surface area contributed by atoms with Crippen molar-refractivity contribution in [3.8, 4) is 0 Å². The van der Waals surface area contributed by atoms with E-state index in [1.54, 1.807) is 5.32 Å². The van der Waals surface area contributed by atoms with Gasteiger partial charge in [-0.05, 0) is 25.2 Å². The number of nitrogens with zero attached hydrogens (tertiary/aromatic N) is 1. The number of carbonyl (C=O) groups excluding carboxylic acids is 2. The van der Waals surface area contributed by atoms with E-state index >= 15 is 0 Å². The summed E-state index contributed by atoms with van der Waals surface area (Å²) in [4.78, 5) is 24.2. The number of likely N-dealkylation sites (N-methyl/N-ethyl adjacent to an activating group) is 1. The Bertz CT molecular complexity index is 355. The Morgan fingerprint density at radius 3 is 2.67 bits per heavy atom. The molecule has 0 aliphatic carbocycles. The van der Waals surface area contributed by atoms with Gasteiger partial charge in [-0.15, -0.1) is 0 Å². The molecule has 2 amide bonds. The molecule has 1 N–H and O–H groups in total. The molecule has 0 spiro atoms. The van der Waals surface area contributed by atoms with Gasteiger partial charge >= 0.3 is 6.18 Å². The Morgan fingerprint density at radius 1 is 1.38 bits per heavy atom. The molecule has 0 bridgehead atoms. The van der Waals surface area contributed by atoms with E-state index in [-0.39, 0.29) is 18.9 Å². The number of ether oxygens (including phenoxy) is 1. The summed E-state index contributed by atoms with van der Waals surface area (Å²) in [6.07, 6.45) is -1.50. The fourth-order valence-corrected chi connectivity index (χ4v) is 2.11. The van der Waals surface area contributed by atoms with Crippen molar-refractivity contribution >= 4 is 11.8 Å². The van der Waals surface area contributed by atoms with Gasteiger partial charge in [-0.3, -0.25) is 9.59 Å². The van der Waals surface area contributed by atoms with E-state index in [2.05, 4.69) is 0 Å². The summed E-state index contributed by atoms with van der Waals surface area (Å²) in [6, 6.07) is 0. The first kappa shape index (κ1) is 17.7.